The maximum Gasteiger partial charge on any atom is 0.226 e. The van der Waals surface area contributed by atoms with Gasteiger partial charge >= 0.3 is 0 Å². The van der Waals surface area contributed by atoms with Gasteiger partial charge in [-0.2, -0.15) is 0 Å². The zero-order valence-corrected chi connectivity index (χ0v) is 22.6. The van der Waals surface area contributed by atoms with E-state index in [9.17, 15) is 4.79 Å². The summed E-state index contributed by atoms with van der Waals surface area (Å²) in [6.07, 6.45) is 13.3. The predicted molar refractivity (Wildman–Crippen MR) is 153 cm³/mol. The van der Waals surface area contributed by atoms with Crippen LogP contribution in [0, 0.1) is 0 Å². The van der Waals surface area contributed by atoms with Crippen molar-refractivity contribution in [2.45, 2.75) is 88.8 Å². The highest BCUT2D eigenvalue weighted by Crippen LogP contribution is 2.35. The van der Waals surface area contributed by atoms with Crippen LogP contribution in [0.4, 0.5) is 5.69 Å². The Morgan fingerprint density at radius 1 is 0.889 bits per heavy atom. The quantitative estimate of drug-likeness (QED) is 0.401. The van der Waals surface area contributed by atoms with Crippen molar-refractivity contribution in [3.63, 3.8) is 0 Å². The van der Waals surface area contributed by atoms with Gasteiger partial charge in [-0.25, -0.2) is 0 Å². The summed E-state index contributed by atoms with van der Waals surface area (Å²) in [6, 6.07) is 18.6. The maximum absolute atomic E-state index is 13.1. The molecule has 1 unspecified atom stereocenters. The first-order valence-electron chi connectivity index (χ1n) is 13.4. The monoisotopic (exact) mass is 527 g/mol. The van der Waals surface area contributed by atoms with Gasteiger partial charge in [-0.05, 0) is 62.1 Å². The molecule has 2 aliphatic carbocycles. The van der Waals surface area contributed by atoms with E-state index < -0.39 is 0 Å². The molecule has 2 aromatic carbocycles. The van der Waals surface area contributed by atoms with Gasteiger partial charge in [0.2, 0.25) is 5.91 Å². The summed E-state index contributed by atoms with van der Waals surface area (Å²) in [4.78, 5) is 20.8. The molecule has 0 spiro atoms. The van der Waals surface area contributed by atoms with Gasteiger partial charge in [0.1, 0.15) is 11.5 Å². The second-order valence-corrected chi connectivity index (χ2v) is 11.0. The van der Waals surface area contributed by atoms with Gasteiger partial charge in [0.25, 0.3) is 0 Å². The lowest BCUT2D eigenvalue weighted by Crippen LogP contribution is -2.45. The van der Waals surface area contributed by atoms with E-state index in [4.69, 9.17) is 9.73 Å². The summed E-state index contributed by atoms with van der Waals surface area (Å²) >= 11 is 1.88. The summed E-state index contributed by atoms with van der Waals surface area (Å²) < 4.78 is 5.87. The van der Waals surface area contributed by atoms with Crippen LogP contribution >= 0.6 is 24.2 Å². The summed E-state index contributed by atoms with van der Waals surface area (Å²) in [5.74, 6) is 2.59. The van der Waals surface area contributed by atoms with Crippen LogP contribution in [0.15, 0.2) is 59.6 Å². The largest absolute Gasteiger partial charge is 0.457 e. The molecular weight excluding hydrogens is 490 g/mol. The zero-order valence-electron chi connectivity index (χ0n) is 20.9. The second-order valence-electron chi connectivity index (χ2n) is 10.1. The first-order valence-corrected chi connectivity index (χ1v) is 14.3. The lowest BCUT2D eigenvalue weighted by Gasteiger charge is -2.37. The average Bonchev–Trinajstić information content (AvgIpc) is 3.28. The van der Waals surface area contributed by atoms with E-state index in [1.807, 2.05) is 66.4 Å². The highest BCUT2D eigenvalue weighted by Gasteiger charge is 2.37. The smallest absolute Gasteiger partial charge is 0.226 e. The third-order valence-corrected chi connectivity index (χ3v) is 8.52. The third-order valence-electron chi connectivity index (χ3n) is 7.39. The van der Waals surface area contributed by atoms with Crippen molar-refractivity contribution in [3.05, 3.63) is 54.6 Å². The number of carbonyl (C=O) groups is 1. The Hall–Kier alpha value is -2.18. The Labute approximate surface area is 225 Å². The molecule has 1 atom stereocenters. The fourth-order valence-electron chi connectivity index (χ4n) is 5.58. The number of rotatable bonds is 7. The Morgan fingerprint density at radius 2 is 1.53 bits per heavy atom. The minimum Gasteiger partial charge on any atom is -0.457 e. The third kappa shape index (κ3) is 7.19. The van der Waals surface area contributed by atoms with Gasteiger partial charge in [0.15, 0.2) is 5.17 Å². The lowest BCUT2D eigenvalue weighted by molar-refractivity contribution is -0.117. The highest BCUT2D eigenvalue weighted by atomic mass is 35.5. The fraction of sp³-hybridized carbons (Fsp3) is 0.517. The van der Waals surface area contributed by atoms with Crippen molar-refractivity contribution in [2.75, 3.05) is 11.1 Å². The number of benzene rings is 2. The van der Waals surface area contributed by atoms with Gasteiger partial charge in [-0.1, -0.05) is 68.5 Å². The van der Waals surface area contributed by atoms with Crippen LogP contribution in [0.2, 0.25) is 0 Å². The van der Waals surface area contributed by atoms with Crippen molar-refractivity contribution in [1.29, 1.82) is 0 Å². The van der Waals surface area contributed by atoms with E-state index in [0.29, 0.717) is 18.5 Å². The zero-order chi connectivity index (χ0) is 23.9. The minimum absolute atomic E-state index is 0. The topological polar surface area (TPSA) is 53.9 Å². The molecule has 3 fully saturated rings. The standard InChI is InChI=1S/C29H37N3O2S.ClH/c33-28(30-23-16-18-27(19-17-23)34-26-14-8-3-9-15-26)20-25-21-35-29(31-22-10-4-1-5-11-22)32(25)24-12-6-2-7-13-24;/h3,8-9,14-19,22,24-25H,1-2,4-7,10-13,20-21H2,(H,30,33);1H/b31-29-;. The van der Waals surface area contributed by atoms with Gasteiger partial charge < -0.3 is 15.0 Å². The van der Waals surface area contributed by atoms with Crippen molar-refractivity contribution < 1.29 is 9.53 Å². The van der Waals surface area contributed by atoms with E-state index in [1.165, 1.54) is 69.4 Å². The molecule has 1 heterocycles. The first-order chi connectivity index (χ1) is 17.2. The van der Waals surface area contributed by atoms with Crippen LogP contribution < -0.4 is 10.1 Å². The SMILES string of the molecule is Cl.O=C(CC1CS/C(=N\C2CCCCC2)N1C1CCCCC1)Nc1ccc(Oc2ccccc2)cc1. The molecule has 0 radical (unpaired) electrons. The number of para-hydroxylation sites is 1. The van der Waals surface area contributed by atoms with Crippen LogP contribution in [-0.2, 0) is 4.79 Å². The molecule has 0 bridgehead atoms. The van der Waals surface area contributed by atoms with Crippen LogP contribution in [0.5, 0.6) is 11.5 Å². The van der Waals surface area contributed by atoms with E-state index in [0.717, 1.165) is 22.9 Å². The number of nitrogens with zero attached hydrogens (tertiary/aromatic N) is 2. The summed E-state index contributed by atoms with van der Waals surface area (Å²) in [5, 5.41) is 4.32. The van der Waals surface area contributed by atoms with E-state index in [1.54, 1.807) is 0 Å². The van der Waals surface area contributed by atoms with Gasteiger partial charge in [0, 0.05) is 29.9 Å². The van der Waals surface area contributed by atoms with Crippen molar-refractivity contribution in [1.82, 2.24) is 4.90 Å². The number of thioether (sulfide) groups is 1. The number of anilines is 1. The van der Waals surface area contributed by atoms with Crippen molar-refractivity contribution in [2.24, 2.45) is 4.99 Å². The molecule has 1 amide bonds. The minimum atomic E-state index is 0. The normalized spacial score (nSPS) is 22.3. The van der Waals surface area contributed by atoms with Gasteiger partial charge in [-0.3, -0.25) is 9.79 Å². The number of hydrogen-bond acceptors (Lipinski definition) is 4. The molecule has 3 aliphatic rings. The number of halogens is 1. The van der Waals surface area contributed by atoms with E-state index in [-0.39, 0.29) is 24.4 Å². The molecular formula is C29H38ClN3O2S. The lowest BCUT2D eigenvalue weighted by atomic mass is 9.93. The fourth-order valence-corrected chi connectivity index (χ4v) is 6.87. The van der Waals surface area contributed by atoms with Gasteiger partial charge in [0.05, 0.1) is 6.04 Å². The van der Waals surface area contributed by atoms with E-state index in [2.05, 4.69) is 10.2 Å². The number of amidine groups is 1. The summed E-state index contributed by atoms with van der Waals surface area (Å²) in [6.45, 7) is 0. The number of amides is 1. The van der Waals surface area contributed by atoms with Crippen LogP contribution in [0.1, 0.15) is 70.6 Å². The number of carbonyl (C=O) groups excluding carboxylic acids is 1. The summed E-state index contributed by atoms with van der Waals surface area (Å²) in [7, 11) is 0. The first kappa shape index (κ1) is 26.9. The molecule has 1 aliphatic heterocycles. The van der Waals surface area contributed by atoms with E-state index >= 15 is 0 Å². The number of aliphatic imine (C=N–C) groups is 1. The van der Waals surface area contributed by atoms with Crippen molar-refractivity contribution in [3.8, 4) is 11.5 Å². The molecule has 1 N–H and O–H groups in total. The molecule has 0 aromatic heterocycles. The van der Waals surface area contributed by atoms with Crippen LogP contribution in [-0.4, -0.2) is 39.9 Å². The van der Waals surface area contributed by atoms with Crippen molar-refractivity contribution >= 4 is 40.9 Å². The highest BCUT2D eigenvalue weighted by molar-refractivity contribution is 8.14. The Bertz CT molecular complexity index is 989. The maximum atomic E-state index is 13.1. The number of ether oxygens (including phenoxy) is 1. The molecule has 36 heavy (non-hydrogen) atoms. The Balaban J connectivity index is 0.00000304. The number of hydrogen-bond donors (Lipinski definition) is 1. The molecule has 5 nitrogen and oxygen atoms in total. The average molecular weight is 528 g/mol. The van der Waals surface area contributed by atoms with Gasteiger partial charge in [-0.15, -0.1) is 12.4 Å². The van der Waals surface area contributed by atoms with Crippen LogP contribution in [0.25, 0.3) is 0 Å². The molecule has 2 saturated carbocycles. The number of nitrogens with one attached hydrogen (secondary N) is 1. The second kappa shape index (κ2) is 13.4. The molecule has 5 rings (SSSR count). The van der Waals surface area contributed by atoms with Crippen LogP contribution in [0.3, 0.4) is 0 Å². The molecule has 2 aromatic rings. The predicted octanol–water partition coefficient (Wildman–Crippen LogP) is 7.67. The molecule has 1 saturated heterocycles. The summed E-state index contributed by atoms with van der Waals surface area (Å²) in [5.41, 5.74) is 0.807. The Kier molecular flexibility index (Phi) is 9.99. The Morgan fingerprint density at radius 3 is 2.22 bits per heavy atom. The molecule has 7 heteroatoms. The molecule has 194 valence electrons.